The topological polar surface area (TPSA) is 75.6 Å². The van der Waals surface area contributed by atoms with Crippen LogP contribution in [0.3, 0.4) is 0 Å². The molecule has 0 amide bonds. The van der Waals surface area contributed by atoms with E-state index in [1.807, 2.05) is 0 Å². The van der Waals surface area contributed by atoms with Crippen LogP contribution in [0.4, 0.5) is 0 Å². The van der Waals surface area contributed by atoms with Crippen LogP contribution < -0.4 is 5.32 Å². The standard InChI is InChI=1S/C37H61NO4/c1-9-10-11-22-38-23-30(39)42-29-16-17-34(6)27(33(29,4)5)15-18-36(8)28(34)13-12-26-31-25(3)24(2)14-19-37(31,32(40)41)21-20-35(26,36)7/h12,24-25,27-29,31,38H,9-11,13-23H2,1-8H3,(H,40,41)/t24-,25+,27+,28-,29+,31+,34+,35-,36-,37+/m1/s1. The summed E-state index contributed by atoms with van der Waals surface area (Å²) < 4.78 is 6.22. The number of hydrogen-bond donors (Lipinski definition) is 2. The number of ether oxygens (including phenoxy) is 1. The van der Waals surface area contributed by atoms with Crippen molar-refractivity contribution in [2.75, 3.05) is 13.1 Å². The van der Waals surface area contributed by atoms with Gasteiger partial charge in [0.15, 0.2) is 0 Å². The Morgan fingerprint density at radius 2 is 1.69 bits per heavy atom. The predicted octanol–water partition coefficient (Wildman–Crippen LogP) is 8.42. The summed E-state index contributed by atoms with van der Waals surface area (Å²) in [5.41, 5.74) is 1.20. The van der Waals surface area contributed by atoms with Gasteiger partial charge in [-0.1, -0.05) is 79.9 Å². The molecule has 5 rings (SSSR count). The molecule has 4 fully saturated rings. The number of carboxylic acid groups (broad SMARTS) is 1. The predicted molar refractivity (Wildman–Crippen MR) is 169 cm³/mol. The van der Waals surface area contributed by atoms with Gasteiger partial charge in [-0.25, -0.2) is 0 Å². The van der Waals surface area contributed by atoms with E-state index in [-0.39, 0.29) is 39.7 Å². The van der Waals surface area contributed by atoms with Gasteiger partial charge in [-0.3, -0.25) is 9.59 Å². The van der Waals surface area contributed by atoms with E-state index in [1.165, 1.54) is 24.8 Å². The van der Waals surface area contributed by atoms with E-state index in [9.17, 15) is 14.7 Å². The lowest BCUT2D eigenvalue weighted by Gasteiger charge is -2.71. The molecule has 5 nitrogen and oxygen atoms in total. The molecule has 0 aliphatic heterocycles. The molecule has 5 heteroatoms. The molecule has 238 valence electrons. The maximum atomic E-state index is 13.0. The molecule has 0 radical (unpaired) electrons. The average Bonchev–Trinajstić information content (AvgIpc) is 2.92. The molecule has 5 aliphatic carbocycles. The summed E-state index contributed by atoms with van der Waals surface area (Å²) >= 11 is 0. The number of fused-ring (bicyclic) bond motifs is 7. The van der Waals surface area contributed by atoms with Crippen molar-refractivity contribution in [2.45, 2.75) is 139 Å². The summed E-state index contributed by atoms with van der Waals surface area (Å²) in [5.74, 6) is 1.52. The molecular formula is C37H61NO4. The first kappa shape index (κ1) is 32.0. The number of unbranched alkanes of at least 4 members (excludes halogenated alkanes) is 2. The number of carbonyl (C=O) groups is 2. The molecule has 0 aromatic heterocycles. The summed E-state index contributed by atoms with van der Waals surface area (Å²) in [6.07, 6.45) is 15.1. The van der Waals surface area contributed by atoms with Crippen LogP contribution in [0.25, 0.3) is 0 Å². The number of rotatable bonds is 8. The number of carboxylic acids is 1. The lowest BCUT2D eigenvalue weighted by atomic mass is 9.33. The van der Waals surface area contributed by atoms with Gasteiger partial charge in [0.1, 0.15) is 6.10 Å². The molecule has 5 aliphatic rings. The molecular weight excluding hydrogens is 522 g/mol. The monoisotopic (exact) mass is 583 g/mol. The van der Waals surface area contributed by atoms with Crippen molar-refractivity contribution in [3.8, 4) is 0 Å². The van der Waals surface area contributed by atoms with E-state index in [2.05, 4.69) is 66.8 Å². The SMILES string of the molecule is CCCCCNCC(=O)O[C@H]1CC[C@]2(C)[C@H]3CC=C4[C@@H]5[C@@H](C)[C@H](C)CC[C@]5(C(=O)O)CC[C@@]4(C)[C@]3(C)CC[C@H]2C1(C)C. The summed E-state index contributed by atoms with van der Waals surface area (Å²) in [6.45, 7) is 20.5. The van der Waals surface area contributed by atoms with Crippen molar-refractivity contribution >= 4 is 11.9 Å². The quantitative estimate of drug-likeness (QED) is 0.170. The van der Waals surface area contributed by atoms with Gasteiger partial charge in [-0.2, -0.15) is 0 Å². The Balaban J connectivity index is 1.39. The zero-order valence-corrected chi connectivity index (χ0v) is 28.1. The fourth-order valence-electron chi connectivity index (χ4n) is 11.9. The van der Waals surface area contributed by atoms with Gasteiger partial charge in [0.25, 0.3) is 0 Å². The van der Waals surface area contributed by atoms with E-state index < -0.39 is 11.4 Å². The van der Waals surface area contributed by atoms with E-state index >= 15 is 0 Å². The van der Waals surface area contributed by atoms with Crippen molar-refractivity contribution in [2.24, 2.45) is 56.7 Å². The van der Waals surface area contributed by atoms with E-state index in [0.29, 0.717) is 30.2 Å². The summed E-state index contributed by atoms with van der Waals surface area (Å²) in [7, 11) is 0. The second-order valence-electron chi connectivity index (χ2n) is 16.8. The molecule has 42 heavy (non-hydrogen) atoms. The Labute approximate surface area is 256 Å². The Bertz CT molecular complexity index is 1080. The number of aliphatic carboxylic acids is 1. The van der Waals surface area contributed by atoms with Gasteiger partial charge < -0.3 is 15.2 Å². The minimum atomic E-state index is -0.587. The van der Waals surface area contributed by atoms with Crippen LogP contribution in [-0.4, -0.2) is 36.2 Å². The van der Waals surface area contributed by atoms with Gasteiger partial charge in [0.05, 0.1) is 12.0 Å². The summed E-state index contributed by atoms with van der Waals surface area (Å²) in [6, 6.07) is 0. The number of nitrogens with one attached hydrogen (secondary N) is 1. The number of hydrogen-bond acceptors (Lipinski definition) is 4. The van der Waals surface area contributed by atoms with Crippen molar-refractivity contribution in [3.05, 3.63) is 11.6 Å². The minimum absolute atomic E-state index is 0.0365. The first-order valence-electron chi connectivity index (χ1n) is 17.5. The third-order valence-electron chi connectivity index (χ3n) is 14.9. The molecule has 0 heterocycles. The van der Waals surface area contributed by atoms with E-state index in [1.54, 1.807) is 0 Å². The number of esters is 1. The third-order valence-corrected chi connectivity index (χ3v) is 14.9. The fourth-order valence-corrected chi connectivity index (χ4v) is 11.9. The highest BCUT2D eigenvalue weighted by Gasteiger charge is 2.69. The van der Waals surface area contributed by atoms with E-state index in [4.69, 9.17) is 4.74 Å². The molecule has 0 unspecified atom stereocenters. The smallest absolute Gasteiger partial charge is 0.320 e. The fraction of sp³-hybridized carbons (Fsp3) is 0.892. The second-order valence-corrected chi connectivity index (χ2v) is 16.8. The maximum Gasteiger partial charge on any atom is 0.320 e. The molecule has 0 saturated heterocycles. The molecule has 0 spiro atoms. The third kappa shape index (κ3) is 4.64. The molecule has 2 N–H and O–H groups in total. The molecule has 0 aromatic rings. The highest BCUT2D eigenvalue weighted by Crippen LogP contribution is 2.75. The summed E-state index contributed by atoms with van der Waals surface area (Å²) in [5, 5.41) is 13.9. The number of carbonyl (C=O) groups excluding carboxylic acids is 1. The second kappa shape index (κ2) is 11.2. The Kier molecular flexibility index (Phi) is 8.56. The normalized spacial score (nSPS) is 45.9. The highest BCUT2D eigenvalue weighted by atomic mass is 16.5. The largest absolute Gasteiger partial charge is 0.481 e. The zero-order chi connectivity index (χ0) is 30.7. The van der Waals surface area contributed by atoms with Gasteiger partial charge in [0, 0.05) is 5.41 Å². The zero-order valence-electron chi connectivity index (χ0n) is 28.1. The molecule has 0 aromatic carbocycles. The van der Waals surface area contributed by atoms with Crippen molar-refractivity contribution in [1.82, 2.24) is 5.32 Å². The summed E-state index contributed by atoms with van der Waals surface area (Å²) in [4.78, 5) is 25.8. The van der Waals surface area contributed by atoms with Gasteiger partial charge in [-0.05, 0) is 117 Å². The van der Waals surface area contributed by atoms with Crippen LogP contribution in [0.15, 0.2) is 11.6 Å². The van der Waals surface area contributed by atoms with Crippen LogP contribution in [0, 0.1) is 56.7 Å². The molecule has 10 atom stereocenters. The van der Waals surface area contributed by atoms with Crippen molar-refractivity contribution in [3.63, 3.8) is 0 Å². The van der Waals surface area contributed by atoms with Crippen LogP contribution >= 0.6 is 0 Å². The van der Waals surface area contributed by atoms with Crippen LogP contribution in [0.1, 0.15) is 132 Å². The Morgan fingerprint density at radius 1 is 0.952 bits per heavy atom. The van der Waals surface area contributed by atoms with Crippen LogP contribution in [0.2, 0.25) is 0 Å². The molecule has 0 bridgehead atoms. The highest BCUT2D eigenvalue weighted by molar-refractivity contribution is 5.76. The maximum absolute atomic E-state index is 13.0. The van der Waals surface area contributed by atoms with Crippen molar-refractivity contribution in [1.29, 1.82) is 0 Å². The van der Waals surface area contributed by atoms with E-state index in [0.717, 1.165) is 64.3 Å². The van der Waals surface area contributed by atoms with Crippen LogP contribution in [-0.2, 0) is 14.3 Å². The molecule has 4 saturated carbocycles. The first-order valence-corrected chi connectivity index (χ1v) is 17.5. The Hall–Kier alpha value is -1.36. The minimum Gasteiger partial charge on any atom is -0.481 e. The number of allylic oxidation sites excluding steroid dienone is 2. The average molecular weight is 584 g/mol. The van der Waals surface area contributed by atoms with Gasteiger partial charge in [-0.15, -0.1) is 0 Å². The van der Waals surface area contributed by atoms with Gasteiger partial charge >= 0.3 is 11.9 Å². The van der Waals surface area contributed by atoms with Crippen molar-refractivity contribution < 1.29 is 19.4 Å². The lowest BCUT2D eigenvalue weighted by molar-refractivity contribution is -0.214. The Morgan fingerprint density at radius 3 is 2.38 bits per heavy atom. The first-order chi connectivity index (χ1) is 19.7. The van der Waals surface area contributed by atoms with Crippen LogP contribution in [0.5, 0.6) is 0 Å². The van der Waals surface area contributed by atoms with Gasteiger partial charge in [0.2, 0.25) is 0 Å². The lowest BCUT2D eigenvalue weighted by Crippen LogP contribution is -2.65.